The third-order valence-electron chi connectivity index (χ3n) is 2.15. The van der Waals surface area contributed by atoms with Crippen LogP contribution in [0.4, 0.5) is 0 Å². The van der Waals surface area contributed by atoms with E-state index < -0.39 is 5.97 Å². The molecule has 0 bridgehead atoms. The first-order valence-corrected chi connectivity index (χ1v) is 6.03. The molecular formula is C10H9BrO2S. The molecule has 4 heteroatoms. The predicted molar refractivity (Wildman–Crippen MR) is 60.4 cm³/mol. The zero-order valence-corrected chi connectivity index (χ0v) is 9.77. The summed E-state index contributed by atoms with van der Waals surface area (Å²) >= 11 is 4.96. The van der Waals surface area contributed by atoms with Crippen molar-refractivity contribution < 1.29 is 9.90 Å². The zero-order chi connectivity index (χ0) is 10.1. The quantitative estimate of drug-likeness (QED) is 0.857. The molecule has 1 aliphatic rings. The molecule has 1 heterocycles. The Kier molecular flexibility index (Phi) is 2.74. The van der Waals surface area contributed by atoms with Crippen molar-refractivity contribution in [3.8, 4) is 0 Å². The van der Waals surface area contributed by atoms with Gasteiger partial charge in [-0.15, -0.1) is 11.3 Å². The second-order valence-electron chi connectivity index (χ2n) is 3.34. The summed E-state index contributed by atoms with van der Waals surface area (Å²) < 4.78 is 1.02. The Morgan fingerprint density at radius 2 is 2.36 bits per heavy atom. The third-order valence-corrected chi connectivity index (χ3v) is 3.89. The first kappa shape index (κ1) is 9.93. The van der Waals surface area contributed by atoms with E-state index in [9.17, 15) is 4.79 Å². The molecule has 1 aliphatic carbocycles. The van der Waals surface area contributed by atoms with Crippen LogP contribution in [-0.4, -0.2) is 11.1 Å². The minimum absolute atomic E-state index is 0.469. The van der Waals surface area contributed by atoms with Gasteiger partial charge >= 0.3 is 5.97 Å². The molecule has 1 saturated carbocycles. The van der Waals surface area contributed by atoms with E-state index in [0.29, 0.717) is 5.92 Å². The van der Waals surface area contributed by atoms with Crippen LogP contribution in [0.3, 0.4) is 0 Å². The van der Waals surface area contributed by atoms with Gasteiger partial charge in [0.1, 0.15) is 0 Å². The van der Waals surface area contributed by atoms with Crippen LogP contribution in [0.2, 0.25) is 0 Å². The molecule has 0 atom stereocenters. The molecule has 14 heavy (non-hydrogen) atoms. The summed E-state index contributed by atoms with van der Waals surface area (Å²) in [6, 6.07) is 1.98. The predicted octanol–water partition coefficient (Wildman–Crippen LogP) is 3.39. The second kappa shape index (κ2) is 3.87. The van der Waals surface area contributed by atoms with Crippen LogP contribution in [0.25, 0.3) is 5.57 Å². The maximum Gasteiger partial charge on any atom is 0.328 e. The van der Waals surface area contributed by atoms with Gasteiger partial charge in [0.15, 0.2) is 0 Å². The van der Waals surface area contributed by atoms with Crippen molar-refractivity contribution >= 4 is 38.8 Å². The Morgan fingerprint density at radius 3 is 2.79 bits per heavy atom. The number of rotatable bonds is 3. The molecule has 0 radical (unpaired) electrons. The van der Waals surface area contributed by atoms with Gasteiger partial charge in [-0.1, -0.05) is 0 Å². The smallest absolute Gasteiger partial charge is 0.328 e. The average Bonchev–Trinajstić information content (AvgIpc) is 2.85. The fourth-order valence-corrected chi connectivity index (χ4v) is 2.91. The van der Waals surface area contributed by atoms with Gasteiger partial charge in [0.05, 0.1) is 0 Å². The molecule has 1 fully saturated rings. The lowest BCUT2D eigenvalue weighted by Gasteiger charge is -1.99. The Balaban J connectivity index is 2.31. The van der Waals surface area contributed by atoms with Crippen LogP contribution in [0.15, 0.2) is 22.0 Å². The molecule has 1 aromatic heterocycles. The van der Waals surface area contributed by atoms with Crippen molar-refractivity contribution in [3.05, 3.63) is 26.9 Å². The Labute approximate surface area is 94.4 Å². The van der Waals surface area contributed by atoms with E-state index >= 15 is 0 Å². The lowest BCUT2D eigenvalue weighted by molar-refractivity contribution is -0.131. The molecular weight excluding hydrogens is 264 g/mol. The number of carboxylic acid groups (broad SMARTS) is 1. The first-order chi connectivity index (χ1) is 6.66. The number of hydrogen-bond donors (Lipinski definition) is 1. The molecule has 2 nitrogen and oxygen atoms in total. The SMILES string of the molecule is O=C(O)/C=C(/c1cc(Br)cs1)C1CC1. The van der Waals surface area contributed by atoms with E-state index in [1.54, 1.807) is 11.3 Å². The summed E-state index contributed by atoms with van der Waals surface area (Å²) in [7, 11) is 0. The highest BCUT2D eigenvalue weighted by Crippen LogP contribution is 2.44. The van der Waals surface area contributed by atoms with Gasteiger partial charge in [-0.25, -0.2) is 4.79 Å². The molecule has 2 rings (SSSR count). The zero-order valence-electron chi connectivity index (χ0n) is 7.37. The maximum absolute atomic E-state index is 10.6. The normalized spacial score (nSPS) is 17.1. The summed E-state index contributed by atoms with van der Waals surface area (Å²) in [5, 5.41) is 10.7. The standard InChI is InChI=1S/C10H9BrO2S/c11-7-3-9(14-5-7)8(4-10(12)13)6-1-2-6/h3-6H,1-2H2,(H,12,13)/b8-4+. The van der Waals surface area contributed by atoms with Crippen molar-refractivity contribution in [3.63, 3.8) is 0 Å². The number of aliphatic carboxylic acids is 1. The van der Waals surface area contributed by atoms with E-state index in [1.165, 1.54) is 6.08 Å². The molecule has 0 saturated heterocycles. The molecule has 0 unspecified atom stereocenters. The molecule has 0 aliphatic heterocycles. The number of thiophene rings is 1. The number of carboxylic acids is 1. The molecule has 1 N–H and O–H groups in total. The van der Waals surface area contributed by atoms with Crippen LogP contribution in [0.5, 0.6) is 0 Å². The summed E-state index contributed by atoms with van der Waals surface area (Å²) in [5.41, 5.74) is 0.980. The molecule has 0 aromatic carbocycles. The van der Waals surface area contributed by atoms with Crippen molar-refractivity contribution in [2.45, 2.75) is 12.8 Å². The van der Waals surface area contributed by atoms with Gasteiger partial charge in [-0.3, -0.25) is 0 Å². The van der Waals surface area contributed by atoms with E-state index in [0.717, 1.165) is 27.8 Å². The fourth-order valence-electron chi connectivity index (χ4n) is 1.38. The summed E-state index contributed by atoms with van der Waals surface area (Å²) in [6.45, 7) is 0. The topological polar surface area (TPSA) is 37.3 Å². The first-order valence-electron chi connectivity index (χ1n) is 4.36. The van der Waals surface area contributed by atoms with Crippen LogP contribution in [-0.2, 0) is 4.79 Å². The number of hydrogen-bond acceptors (Lipinski definition) is 2. The largest absolute Gasteiger partial charge is 0.478 e. The Morgan fingerprint density at radius 1 is 1.64 bits per heavy atom. The van der Waals surface area contributed by atoms with Crippen LogP contribution in [0.1, 0.15) is 17.7 Å². The average molecular weight is 273 g/mol. The van der Waals surface area contributed by atoms with Gasteiger partial charge < -0.3 is 5.11 Å². The van der Waals surface area contributed by atoms with Gasteiger partial charge in [0.2, 0.25) is 0 Å². The van der Waals surface area contributed by atoms with Crippen molar-refractivity contribution in [2.75, 3.05) is 0 Å². The van der Waals surface area contributed by atoms with Gasteiger partial charge in [-0.05, 0) is 46.3 Å². The van der Waals surface area contributed by atoms with E-state index in [4.69, 9.17) is 5.11 Å². The highest BCUT2D eigenvalue weighted by atomic mass is 79.9. The minimum atomic E-state index is -0.851. The monoisotopic (exact) mass is 272 g/mol. The fraction of sp³-hybridized carbons (Fsp3) is 0.300. The maximum atomic E-state index is 10.6. The van der Waals surface area contributed by atoms with Crippen LogP contribution < -0.4 is 0 Å². The van der Waals surface area contributed by atoms with Gasteiger partial charge in [0, 0.05) is 20.8 Å². The molecule has 74 valence electrons. The molecule has 0 amide bonds. The summed E-state index contributed by atoms with van der Waals surface area (Å²) in [4.78, 5) is 11.7. The Bertz CT molecular complexity index is 391. The second-order valence-corrected chi connectivity index (χ2v) is 5.17. The highest BCUT2D eigenvalue weighted by molar-refractivity contribution is 9.10. The highest BCUT2D eigenvalue weighted by Gasteiger charge is 2.28. The Hall–Kier alpha value is -0.610. The van der Waals surface area contributed by atoms with Crippen molar-refractivity contribution in [1.82, 2.24) is 0 Å². The lowest BCUT2D eigenvalue weighted by atomic mass is 10.1. The van der Waals surface area contributed by atoms with E-state index in [2.05, 4.69) is 15.9 Å². The van der Waals surface area contributed by atoms with E-state index in [1.807, 2.05) is 11.4 Å². The molecule has 1 aromatic rings. The lowest BCUT2D eigenvalue weighted by Crippen LogP contribution is -1.92. The van der Waals surface area contributed by atoms with Crippen molar-refractivity contribution in [2.24, 2.45) is 5.92 Å². The minimum Gasteiger partial charge on any atom is -0.478 e. The van der Waals surface area contributed by atoms with Crippen LogP contribution in [0, 0.1) is 5.92 Å². The number of carbonyl (C=O) groups is 1. The van der Waals surface area contributed by atoms with Gasteiger partial charge in [-0.2, -0.15) is 0 Å². The summed E-state index contributed by atoms with van der Waals surface area (Å²) in [5.74, 6) is -0.381. The van der Waals surface area contributed by atoms with E-state index in [-0.39, 0.29) is 0 Å². The molecule has 0 spiro atoms. The van der Waals surface area contributed by atoms with Crippen molar-refractivity contribution in [1.29, 1.82) is 0 Å². The third kappa shape index (κ3) is 2.25. The van der Waals surface area contributed by atoms with Gasteiger partial charge in [0.25, 0.3) is 0 Å². The number of allylic oxidation sites excluding steroid dienone is 1. The summed E-state index contributed by atoms with van der Waals surface area (Å²) in [6.07, 6.45) is 3.58. The number of halogens is 1. The van der Waals surface area contributed by atoms with Crippen LogP contribution >= 0.6 is 27.3 Å².